The molecule has 3 rings (SSSR count). The van der Waals surface area contributed by atoms with Gasteiger partial charge in [0.25, 0.3) is 0 Å². The van der Waals surface area contributed by atoms with Crippen molar-refractivity contribution < 1.29 is 4.74 Å². The van der Waals surface area contributed by atoms with Gasteiger partial charge < -0.3 is 15.4 Å². The molecule has 29 heavy (non-hydrogen) atoms. The van der Waals surface area contributed by atoms with Gasteiger partial charge in [-0.3, -0.25) is 14.9 Å². The SMILES string of the molecule is CCNC(=NCC(c1cccc(Cl)c1)N1CCOCC1)NCCc1ccccn1. The van der Waals surface area contributed by atoms with Gasteiger partial charge in [0.05, 0.1) is 25.8 Å². The highest BCUT2D eigenvalue weighted by atomic mass is 35.5. The van der Waals surface area contributed by atoms with Crippen LogP contribution in [0.3, 0.4) is 0 Å². The highest BCUT2D eigenvalue weighted by Crippen LogP contribution is 2.24. The Labute approximate surface area is 178 Å². The molecule has 1 aliphatic rings. The van der Waals surface area contributed by atoms with Crippen LogP contribution in [-0.4, -0.2) is 61.8 Å². The quantitative estimate of drug-likeness (QED) is 0.512. The van der Waals surface area contributed by atoms with Gasteiger partial charge in [-0.15, -0.1) is 0 Å². The van der Waals surface area contributed by atoms with Gasteiger partial charge >= 0.3 is 0 Å². The normalized spacial score (nSPS) is 16.4. The van der Waals surface area contributed by atoms with E-state index in [0.717, 1.165) is 62.5 Å². The third-order valence-electron chi connectivity index (χ3n) is 4.89. The van der Waals surface area contributed by atoms with Crippen molar-refractivity contribution >= 4 is 17.6 Å². The maximum absolute atomic E-state index is 6.26. The minimum absolute atomic E-state index is 0.170. The van der Waals surface area contributed by atoms with Gasteiger partial charge in [-0.05, 0) is 36.8 Å². The molecular weight excluding hydrogens is 386 g/mol. The molecule has 2 heterocycles. The fraction of sp³-hybridized carbons (Fsp3) is 0.455. The summed E-state index contributed by atoms with van der Waals surface area (Å²) in [6, 6.07) is 14.2. The summed E-state index contributed by atoms with van der Waals surface area (Å²) in [7, 11) is 0. The number of aromatic nitrogens is 1. The van der Waals surface area contributed by atoms with Gasteiger partial charge in [0.2, 0.25) is 0 Å². The standard InChI is InChI=1S/C22H30ClN5O/c1-2-24-22(26-11-9-20-8-3-4-10-25-20)27-17-21(28-12-14-29-15-13-28)18-6-5-7-19(23)16-18/h3-8,10,16,21H,2,9,11-15,17H2,1H3,(H2,24,26,27). The number of nitrogens with one attached hydrogen (secondary N) is 2. The molecule has 0 spiro atoms. The molecule has 0 amide bonds. The topological polar surface area (TPSA) is 61.8 Å². The first-order valence-electron chi connectivity index (χ1n) is 10.3. The second kappa shape index (κ2) is 11.8. The number of hydrogen-bond donors (Lipinski definition) is 2. The van der Waals surface area contributed by atoms with Crippen LogP contribution in [0.5, 0.6) is 0 Å². The fourth-order valence-corrected chi connectivity index (χ4v) is 3.61. The lowest BCUT2D eigenvalue weighted by atomic mass is 10.0. The lowest BCUT2D eigenvalue weighted by Gasteiger charge is -2.34. The van der Waals surface area contributed by atoms with Crippen LogP contribution in [0.2, 0.25) is 5.02 Å². The largest absolute Gasteiger partial charge is 0.379 e. The summed E-state index contributed by atoms with van der Waals surface area (Å²) >= 11 is 6.26. The molecule has 0 saturated carbocycles. The third-order valence-corrected chi connectivity index (χ3v) is 5.12. The van der Waals surface area contributed by atoms with E-state index >= 15 is 0 Å². The first kappa shape index (κ1) is 21.6. The van der Waals surface area contributed by atoms with E-state index in [1.54, 1.807) is 0 Å². The molecule has 0 aliphatic carbocycles. The fourth-order valence-electron chi connectivity index (χ4n) is 3.41. The lowest BCUT2D eigenvalue weighted by Crippen LogP contribution is -2.42. The molecule has 1 aromatic heterocycles. The Bertz CT molecular complexity index is 765. The van der Waals surface area contributed by atoms with Crippen molar-refractivity contribution in [1.82, 2.24) is 20.5 Å². The van der Waals surface area contributed by atoms with E-state index in [4.69, 9.17) is 21.3 Å². The number of aliphatic imine (C=N–C) groups is 1. The van der Waals surface area contributed by atoms with Crippen molar-refractivity contribution in [3.8, 4) is 0 Å². The maximum Gasteiger partial charge on any atom is 0.191 e. The van der Waals surface area contributed by atoms with Crippen LogP contribution in [0.4, 0.5) is 0 Å². The van der Waals surface area contributed by atoms with Gasteiger partial charge in [0, 0.05) is 49.5 Å². The second-order valence-electron chi connectivity index (χ2n) is 6.94. The molecule has 0 bridgehead atoms. The van der Waals surface area contributed by atoms with Crippen molar-refractivity contribution in [2.75, 3.05) is 45.9 Å². The predicted octanol–water partition coefficient (Wildman–Crippen LogP) is 2.91. The number of nitrogens with zero attached hydrogens (tertiary/aromatic N) is 3. The molecule has 1 unspecified atom stereocenters. The summed E-state index contributed by atoms with van der Waals surface area (Å²) in [6.07, 6.45) is 2.68. The van der Waals surface area contributed by atoms with Crippen molar-refractivity contribution in [3.05, 3.63) is 64.9 Å². The maximum atomic E-state index is 6.26. The average molecular weight is 416 g/mol. The minimum Gasteiger partial charge on any atom is -0.379 e. The molecule has 0 radical (unpaired) electrons. The smallest absolute Gasteiger partial charge is 0.191 e. The molecule has 2 aromatic rings. The Kier molecular flexibility index (Phi) is 8.74. The number of morpholine rings is 1. The van der Waals surface area contributed by atoms with Crippen molar-refractivity contribution in [1.29, 1.82) is 0 Å². The van der Waals surface area contributed by atoms with Gasteiger partial charge in [-0.25, -0.2) is 0 Å². The Balaban J connectivity index is 1.66. The first-order chi connectivity index (χ1) is 14.3. The van der Waals surface area contributed by atoms with E-state index < -0.39 is 0 Å². The van der Waals surface area contributed by atoms with Crippen molar-refractivity contribution in [3.63, 3.8) is 0 Å². The molecule has 1 atom stereocenters. The van der Waals surface area contributed by atoms with Crippen LogP contribution < -0.4 is 10.6 Å². The zero-order valence-corrected chi connectivity index (χ0v) is 17.7. The van der Waals surface area contributed by atoms with Gasteiger partial charge in [0.15, 0.2) is 5.96 Å². The molecule has 1 aromatic carbocycles. The highest BCUT2D eigenvalue weighted by molar-refractivity contribution is 6.30. The summed E-state index contributed by atoms with van der Waals surface area (Å²) in [5, 5.41) is 7.51. The summed E-state index contributed by atoms with van der Waals surface area (Å²) in [6.45, 7) is 7.63. The molecule has 1 saturated heterocycles. The third kappa shape index (κ3) is 6.99. The molecular formula is C22H30ClN5O. The van der Waals surface area contributed by atoms with E-state index in [0.29, 0.717) is 6.54 Å². The number of ether oxygens (including phenoxy) is 1. The average Bonchev–Trinajstić information content (AvgIpc) is 2.75. The Morgan fingerprint density at radius 3 is 2.79 bits per heavy atom. The number of benzene rings is 1. The minimum atomic E-state index is 0.170. The number of hydrogen-bond acceptors (Lipinski definition) is 4. The van der Waals surface area contributed by atoms with Crippen LogP contribution in [0.15, 0.2) is 53.7 Å². The number of pyridine rings is 1. The summed E-state index contributed by atoms with van der Waals surface area (Å²) in [4.78, 5) is 11.7. The van der Waals surface area contributed by atoms with E-state index in [1.807, 2.05) is 42.6 Å². The van der Waals surface area contributed by atoms with E-state index in [-0.39, 0.29) is 6.04 Å². The van der Waals surface area contributed by atoms with Crippen LogP contribution >= 0.6 is 11.6 Å². The summed E-state index contributed by atoms with van der Waals surface area (Å²) in [5.41, 5.74) is 2.26. The Hall–Kier alpha value is -2.15. The van der Waals surface area contributed by atoms with Crippen LogP contribution in [0.25, 0.3) is 0 Å². The highest BCUT2D eigenvalue weighted by Gasteiger charge is 2.22. The van der Waals surface area contributed by atoms with Crippen molar-refractivity contribution in [2.45, 2.75) is 19.4 Å². The second-order valence-corrected chi connectivity index (χ2v) is 7.37. The number of rotatable bonds is 8. The van der Waals surface area contributed by atoms with Gasteiger partial charge in [-0.1, -0.05) is 29.8 Å². The molecule has 1 fully saturated rings. The Morgan fingerprint density at radius 1 is 1.21 bits per heavy atom. The van der Waals surface area contributed by atoms with Crippen LogP contribution in [-0.2, 0) is 11.2 Å². The molecule has 156 valence electrons. The van der Waals surface area contributed by atoms with Gasteiger partial charge in [-0.2, -0.15) is 0 Å². The predicted molar refractivity (Wildman–Crippen MR) is 119 cm³/mol. The molecule has 2 N–H and O–H groups in total. The molecule has 1 aliphatic heterocycles. The summed E-state index contributed by atoms with van der Waals surface area (Å²) in [5.74, 6) is 0.823. The van der Waals surface area contributed by atoms with E-state index in [2.05, 4.69) is 33.5 Å². The van der Waals surface area contributed by atoms with Gasteiger partial charge in [0.1, 0.15) is 0 Å². The van der Waals surface area contributed by atoms with Crippen LogP contribution in [0.1, 0.15) is 24.2 Å². The summed E-state index contributed by atoms with van der Waals surface area (Å²) < 4.78 is 5.53. The number of halogens is 1. The lowest BCUT2D eigenvalue weighted by molar-refractivity contribution is 0.0180. The van der Waals surface area contributed by atoms with E-state index in [1.165, 1.54) is 5.56 Å². The molecule has 7 heteroatoms. The Morgan fingerprint density at radius 2 is 2.07 bits per heavy atom. The zero-order valence-electron chi connectivity index (χ0n) is 17.0. The molecule has 6 nitrogen and oxygen atoms in total. The monoisotopic (exact) mass is 415 g/mol. The number of guanidine groups is 1. The van der Waals surface area contributed by atoms with Crippen LogP contribution in [0, 0.1) is 0 Å². The first-order valence-corrected chi connectivity index (χ1v) is 10.6. The van der Waals surface area contributed by atoms with E-state index in [9.17, 15) is 0 Å². The van der Waals surface area contributed by atoms with Crippen molar-refractivity contribution in [2.24, 2.45) is 4.99 Å². The zero-order chi connectivity index (χ0) is 20.3.